The standard InChI is InChI=1S/C27H34N2O5/c1-16(2)20-15-21(17(3)14-22(20)34-7)25(30)23-24(18-8-10-19(33-6)11-9-18)29(13-12-28(4)5)27(32)26(23)31/h8-11,14-16,24,30H,12-13H2,1-7H3/b25-23+. The van der Waals surface area contributed by atoms with Gasteiger partial charge in [0, 0.05) is 18.7 Å². The molecule has 1 heterocycles. The van der Waals surface area contributed by atoms with Crippen molar-refractivity contribution in [3.05, 3.63) is 64.2 Å². The van der Waals surface area contributed by atoms with Crippen molar-refractivity contribution in [2.75, 3.05) is 41.4 Å². The molecule has 7 nitrogen and oxygen atoms in total. The van der Waals surface area contributed by atoms with Crippen molar-refractivity contribution in [1.82, 2.24) is 9.80 Å². The number of methoxy groups -OCH3 is 2. The van der Waals surface area contributed by atoms with Crippen LogP contribution in [0.2, 0.25) is 0 Å². The van der Waals surface area contributed by atoms with Crippen molar-refractivity contribution < 1.29 is 24.2 Å². The van der Waals surface area contributed by atoms with Gasteiger partial charge >= 0.3 is 0 Å². The molecule has 0 bridgehead atoms. The number of likely N-dealkylation sites (tertiary alicyclic amines) is 1. The summed E-state index contributed by atoms with van der Waals surface area (Å²) in [6.45, 7) is 6.86. The van der Waals surface area contributed by atoms with Crippen molar-refractivity contribution in [3.63, 3.8) is 0 Å². The molecule has 1 atom stereocenters. The van der Waals surface area contributed by atoms with Gasteiger partial charge in [-0.15, -0.1) is 0 Å². The molecule has 1 unspecified atom stereocenters. The van der Waals surface area contributed by atoms with Crippen LogP contribution >= 0.6 is 0 Å². The predicted molar refractivity (Wildman–Crippen MR) is 132 cm³/mol. The van der Waals surface area contributed by atoms with E-state index in [0.717, 1.165) is 22.4 Å². The highest BCUT2D eigenvalue weighted by atomic mass is 16.5. The first-order valence-electron chi connectivity index (χ1n) is 11.4. The minimum Gasteiger partial charge on any atom is -0.507 e. The Labute approximate surface area is 201 Å². The highest BCUT2D eigenvalue weighted by molar-refractivity contribution is 6.46. The van der Waals surface area contributed by atoms with Gasteiger partial charge in [0.05, 0.1) is 25.8 Å². The zero-order valence-electron chi connectivity index (χ0n) is 21.0. The number of aryl methyl sites for hydroxylation is 1. The van der Waals surface area contributed by atoms with Crippen LogP contribution in [-0.4, -0.2) is 68.0 Å². The maximum absolute atomic E-state index is 13.3. The molecule has 2 aromatic carbocycles. The summed E-state index contributed by atoms with van der Waals surface area (Å²) in [7, 11) is 7.01. The fraction of sp³-hybridized carbons (Fsp3) is 0.407. The van der Waals surface area contributed by atoms with Crippen LogP contribution < -0.4 is 9.47 Å². The van der Waals surface area contributed by atoms with E-state index >= 15 is 0 Å². The van der Waals surface area contributed by atoms with Crippen molar-refractivity contribution in [2.24, 2.45) is 0 Å². The van der Waals surface area contributed by atoms with Crippen LogP contribution in [-0.2, 0) is 9.59 Å². The van der Waals surface area contributed by atoms with Crippen molar-refractivity contribution >= 4 is 17.4 Å². The third kappa shape index (κ3) is 4.80. The second kappa shape index (κ2) is 10.3. The summed E-state index contributed by atoms with van der Waals surface area (Å²) < 4.78 is 10.8. The molecule has 3 rings (SSSR count). The van der Waals surface area contributed by atoms with E-state index in [1.165, 1.54) is 4.90 Å². The lowest BCUT2D eigenvalue weighted by atomic mass is 9.91. The molecule has 1 aliphatic rings. The number of ketones is 1. The molecule has 0 spiro atoms. The number of carbonyl (C=O) groups excluding carboxylic acids is 2. The van der Waals surface area contributed by atoms with Crippen molar-refractivity contribution in [1.29, 1.82) is 0 Å². The average Bonchev–Trinajstić information content (AvgIpc) is 3.06. The zero-order valence-corrected chi connectivity index (χ0v) is 21.0. The lowest BCUT2D eigenvalue weighted by Gasteiger charge is -2.27. The maximum atomic E-state index is 13.3. The molecule has 0 aliphatic carbocycles. The van der Waals surface area contributed by atoms with Gasteiger partial charge in [0.2, 0.25) is 0 Å². The third-order valence-corrected chi connectivity index (χ3v) is 6.21. The van der Waals surface area contributed by atoms with Crippen LogP contribution in [0.25, 0.3) is 5.76 Å². The number of ether oxygens (including phenoxy) is 2. The Morgan fingerprint density at radius 3 is 2.26 bits per heavy atom. The highest BCUT2D eigenvalue weighted by Gasteiger charge is 2.46. The largest absolute Gasteiger partial charge is 0.507 e. The Bertz CT molecular complexity index is 1100. The van der Waals surface area contributed by atoms with Crippen molar-refractivity contribution in [2.45, 2.75) is 32.7 Å². The van der Waals surface area contributed by atoms with Crippen LogP contribution in [0.4, 0.5) is 0 Å². The molecule has 1 aliphatic heterocycles. The average molecular weight is 467 g/mol. The summed E-state index contributed by atoms with van der Waals surface area (Å²) in [6.07, 6.45) is 0. The molecule has 34 heavy (non-hydrogen) atoms. The van der Waals surface area contributed by atoms with Gasteiger partial charge in [0.15, 0.2) is 0 Å². The van der Waals surface area contributed by atoms with Crippen LogP contribution in [0.5, 0.6) is 11.5 Å². The van der Waals surface area contributed by atoms with E-state index < -0.39 is 17.7 Å². The Balaban J connectivity index is 2.22. The SMILES string of the molecule is COc1ccc(C2/C(=C(\O)c3cc(C(C)C)c(OC)cc3C)C(=O)C(=O)N2CCN(C)C)cc1. The minimum atomic E-state index is -0.699. The summed E-state index contributed by atoms with van der Waals surface area (Å²) >= 11 is 0. The van der Waals surface area contributed by atoms with E-state index in [9.17, 15) is 14.7 Å². The minimum absolute atomic E-state index is 0.0943. The van der Waals surface area contributed by atoms with E-state index in [2.05, 4.69) is 0 Å². The van der Waals surface area contributed by atoms with Crippen molar-refractivity contribution in [3.8, 4) is 11.5 Å². The first-order chi connectivity index (χ1) is 16.1. The smallest absolute Gasteiger partial charge is 0.295 e. The van der Waals surface area contributed by atoms with Gasteiger partial charge in [0.1, 0.15) is 17.3 Å². The van der Waals surface area contributed by atoms with E-state index in [0.29, 0.717) is 24.4 Å². The molecule has 1 amide bonds. The maximum Gasteiger partial charge on any atom is 0.295 e. The fourth-order valence-corrected chi connectivity index (χ4v) is 4.28. The highest BCUT2D eigenvalue weighted by Crippen LogP contribution is 2.41. The van der Waals surface area contributed by atoms with Crippen LogP contribution in [0.1, 0.15) is 48.1 Å². The molecule has 7 heteroatoms. The number of rotatable bonds is 8. The molecule has 2 aromatic rings. The number of aliphatic hydroxyl groups excluding tert-OH is 1. The number of aliphatic hydroxyl groups is 1. The predicted octanol–water partition coefficient (Wildman–Crippen LogP) is 4.12. The van der Waals surface area contributed by atoms with Gasteiger partial charge < -0.3 is 24.4 Å². The summed E-state index contributed by atoms with van der Waals surface area (Å²) in [5, 5.41) is 11.5. The Kier molecular flexibility index (Phi) is 7.67. The van der Waals surface area contributed by atoms with Gasteiger partial charge in [0.25, 0.3) is 11.7 Å². The second-order valence-corrected chi connectivity index (χ2v) is 9.13. The van der Waals surface area contributed by atoms with Crippen LogP contribution in [0, 0.1) is 6.92 Å². The molecule has 1 N–H and O–H groups in total. The Morgan fingerprint density at radius 2 is 1.74 bits per heavy atom. The number of carbonyl (C=O) groups is 2. The summed E-state index contributed by atoms with van der Waals surface area (Å²) in [5.41, 5.74) is 3.02. The fourth-order valence-electron chi connectivity index (χ4n) is 4.28. The van der Waals surface area contributed by atoms with Gasteiger partial charge in [-0.3, -0.25) is 9.59 Å². The Morgan fingerprint density at radius 1 is 1.09 bits per heavy atom. The van der Waals surface area contributed by atoms with E-state index in [1.54, 1.807) is 26.4 Å². The lowest BCUT2D eigenvalue weighted by molar-refractivity contribution is -0.140. The molecule has 0 radical (unpaired) electrons. The van der Waals surface area contributed by atoms with Crippen LogP contribution in [0.3, 0.4) is 0 Å². The molecule has 1 fully saturated rings. The quantitative estimate of drug-likeness (QED) is 0.358. The molecule has 0 saturated carbocycles. The van der Waals surface area contributed by atoms with Gasteiger partial charge in [-0.1, -0.05) is 26.0 Å². The first kappa shape index (κ1) is 25.3. The number of hydrogen-bond acceptors (Lipinski definition) is 6. The molecular weight excluding hydrogens is 432 g/mol. The topological polar surface area (TPSA) is 79.3 Å². The van der Waals surface area contributed by atoms with E-state index in [-0.39, 0.29) is 17.3 Å². The van der Waals surface area contributed by atoms with Gasteiger partial charge in [-0.2, -0.15) is 0 Å². The number of benzene rings is 2. The molecule has 182 valence electrons. The number of likely N-dealkylation sites (N-methyl/N-ethyl adjacent to an activating group) is 1. The first-order valence-corrected chi connectivity index (χ1v) is 11.4. The summed E-state index contributed by atoms with van der Waals surface area (Å²) in [5.74, 6) is 0.0668. The second-order valence-electron chi connectivity index (χ2n) is 9.13. The molecular formula is C27H34N2O5. The lowest BCUT2D eigenvalue weighted by Crippen LogP contribution is -2.35. The summed E-state index contributed by atoms with van der Waals surface area (Å²) in [6, 6.07) is 10.2. The number of Topliss-reactive ketones (excluding diaryl/α,β-unsaturated/α-hetero) is 1. The molecule has 1 saturated heterocycles. The number of amides is 1. The Hall–Kier alpha value is -3.32. The molecule has 0 aromatic heterocycles. The number of nitrogens with zero attached hydrogens (tertiary/aromatic N) is 2. The van der Waals surface area contributed by atoms with E-state index in [4.69, 9.17) is 9.47 Å². The monoisotopic (exact) mass is 466 g/mol. The zero-order chi connectivity index (χ0) is 25.2. The normalized spacial score (nSPS) is 17.7. The van der Waals surface area contributed by atoms with Crippen LogP contribution in [0.15, 0.2) is 42.0 Å². The summed E-state index contributed by atoms with van der Waals surface area (Å²) in [4.78, 5) is 29.9. The van der Waals surface area contributed by atoms with Gasteiger partial charge in [-0.25, -0.2) is 0 Å². The number of hydrogen-bond donors (Lipinski definition) is 1. The van der Waals surface area contributed by atoms with E-state index in [1.807, 2.05) is 64.0 Å². The third-order valence-electron chi connectivity index (χ3n) is 6.21. The van der Waals surface area contributed by atoms with Gasteiger partial charge in [-0.05, 0) is 67.9 Å².